The van der Waals surface area contributed by atoms with Crippen molar-refractivity contribution in [1.29, 1.82) is 0 Å². The molecule has 0 spiro atoms. The first-order valence-corrected chi connectivity index (χ1v) is 0.651. The summed E-state index contributed by atoms with van der Waals surface area (Å²) < 4.78 is 0. The second kappa shape index (κ2) is 2.18. The van der Waals surface area contributed by atoms with E-state index in [1.165, 1.54) is 0 Å². The van der Waals surface area contributed by atoms with Crippen LogP contribution in [0, 0.1) is 0 Å². The van der Waals surface area contributed by atoms with Gasteiger partial charge in [-0.2, -0.15) is 5.84 Å². The highest BCUT2D eigenvalue weighted by molar-refractivity contribution is 5.31. The Balaban J connectivity index is 3.11. The maximum Gasteiger partial charge on any atom is 0.259 e. The molecule has 4 heavy (non-hydrogen) atoms. The van der Waals surface area contributed by atoms with Gasteiger partial charge in [0.25, 0.3) is 6.08 Å². The van der Waals surface area contributed by atoms with Crippen LogP contribution < -0.4 is 5.84 Å². The highest BCUT2D eigenvalue weighted by Crippen LogP contribution is 1.22. The fourth-order valence-corrected chi connectivity index (χ4v) is 0. The van der Waals surface area contributed by atoms with Crippen LogP contribution in [0.25, 0.3) is 0 Å². The summed E-state index contributed by atoms with van der Waals surface area (Å²) in [5, 5.41) is 2.18. The normalized spacial score (nSPS) is 4.00. The Morgan fingerprint density at radius 3 is 2.25 bits per heavy atom. The molecule has 0 aliphatic heterocycles. The first kappa shape index (κ1) is 3.18. The average Bonchev–Trinajstić information content (AvgIpc) is 1.37. The van der Waals surface area contributed by atoms with Crippen LogP contribution in [0.15, 0.2) is 5.10 Å². The number of nitrogens with zero attached hydrogens (tertiary/aromatic N) is 1. The van der Waals surface area contributed by atoms with Crippen LogP contribution in [0.1, 0.15) is 0 Å². The minimum absolute atomic E-state index is 0.972. The van der Waals surface area contributed by atoms with Crippen molar-refractivity contribution in [2.24, 2.45) is 5.10 Å². The molecule has 0 aromatic heterocycles. The molecule has 3 nitrogen and oxygen atoms in total. The van der Waals surface area contributed by atoms with Gasteiger partial charge in [0.2, 0.25) is 0 Å². The Bertz CT molecular complexity index is 44.0. The zero-order valence-electron chi connectivity index (χ0n) is 1.86. The summed E-state index contributed by atoms with van der Waals surface area (Å²) in [7, 11) is 0. The van der Waals surface area contributed by atoms with E-state index in [1.54, 1.807) is 0 Å². The van der Waals surface area contributed by atoms with Gasteiger partial charge >= 0.3 is 0 Å². The molecule has 1 radical (unpaired) electrons. The molecule has 0 saturated carbocycles. The topological polar surface area (TPSA) is 53.2 Å². The van der Waals surface area contributed by atoms with E-state index in [-0.39, 0.29) is 0 Å². The minimum Gasteiger partial charge on any atom is -0.209 e. The first-order valence-electron chi connectivity index (χ1n) is 0.651. The summed E-state index contributed by atoms with van der Waals surface area (Å²) >= 11 is 0. The molecule has 0 rings (SSSR count). The van der Waals surface area contributed by atoms with E-state index < -0.39 is 0 Å². The molecule has 0 aliphatic carbocycles. The van der Waals surface area contributed by atoms with E-state index in [9.17, 15) is 0 Å². The second-order valence-electron chi connectivity index (χ2n) is 0.203. The molecular formula is CHN2O. The van der Waals surface area contributed by atoms with Gasteiger partial charge in [-0.05, 0) is 0 Å². The van der Waals surface area contributed by atoms with Crippen LogP contribution in [0.2, 0.25) is 0 Å². The lowest BCUT2D eigenvalue weighted by Crippen LogP contribution is -1.46. The van der Waals surface area contributed by atoms with Crippen LogP contribution in [0.5, 0.6) is 0 Å². The molecule has 0 fully saturated rings. The minimum atomic E-state index is 0.972. The van der Waals surface area contributed by atoms with Crippen molar-refractivity contribution in [3.63, 3.8) is 0 Å². The van der Waals surface area contributed by atoms with Gasteiger partial charge in [0.1, 0.15) is 0 Å². The smallest absolute Gasteiger partial charge is 0.209 e. The summed E-state index contributed by atoms with van der Waals surface area (Å²) in [5.74, 6) is 5.65. The summed E-state index contributed by atoms with van der Waals surface area (Å²) in [6.07, 6.45) is 0.972. The Kier molecular flexibility index (Phi) is 1.73. The molecule has 3 heteroatoms. The molecule has 21 valence electrons. The summed E-state index contributed by atoms with van der Waals surface area (Å²) in [4.78, 5) is 8.69. The third-order valence-electron chi connectivity index (χ3n) is 0.0456. The van der Waals surface area contributed by atoms with Crippen LogP contribution in [-0.4, -0.2) is 6.08 Å². The maximum absolute atomic E-state index is 8.69. The van der Waals surface area contributed by atoms with E-state index in [2.05, 4.69) is 5.10 Å². The molecule has 0 aromatic carbocycles. The predicted molar refractivity (Wildman–Crippen MR) is 11.2 cm³/mol. The predicted octanol–water partition coefficient (Wildman–Crippen LogP) is -0.480. The lowest BCUT2D eigenvalue weighted by molar-refractivity contribution is 0.563. The second-order valence-corrected chi connectivity index (χ2v) is 0.203. The molecule has 1 N–H and O–H groups in total. The standard InChI is InChI=1S/CHN2O/c2-3-1-4/h2H. The largest absolute Gasteiger partial charge is 0.259 e. The van der Waals surface area contributed by atoms with Gasteiger partial charge in [-0.3, -0.25) is 0 Å². The zero-order valence-corrected chi connectivity index (χ0v) is 1.86. The number of nitrogens with one attached hydrogen (secondary N) is 1. The van der Waals surface area contributed by atoms with Crippen molar-refractivity contribution in [1.82, 2.24) is 5.84 Å². The summed E-state index contributed by atoms with van der Waals surface area (Å²) in [6, 6.07) is 0. The summed E-state index contributed by atoms with van der Waals surface area (Å²) in [5.41, 5.74) is 0. The van der Waals surface area contributed by atoms with E-state index >= 15 is 0 Å². The fraction of sp³-hybridized carbons (Fsp3) is 0. The highest BCUT2D eigenvalue weighted by Gasteiger charge is 1.30. The molecular weight excluding hydrogens is 56.0 g/mol. The zero-order chi connectivity index (χ0) is 3.41. The first-order chi connectivity index (χ1) is 1.91. The lowest BCUT2D eigenvalue weighted by Gasteiger charge is -1.36. The number of hydrogen-bond acceptors (Lipinski definition) is 2. The van der Waals surface area contributed by atoms with Gasteiger partial charge in [0.05, 0.1) is 0 Å². The SMILES string of the molecule is [NH]N=C=O. The van der Waals surface area contributed by atoms with E-state index in [4.69, 9.17) is 10.6 Å². The maximum atomic E-state index is 8.69. The van der Waals surface area contributed by atoms with Gasteiger partial charge in [-0.15, -0.1) is 0 Å². The molecule has 0 unspecified atom stereocenters. The van der Waals surface area contributed by atoms with Gasteiger partial charge in [-0.25, -0.2) is 4.79 Å². The Morgan fingerprint density at radius 1 is 2.00 bits per heavy atom. The Labute approximate surface area is 23.1 Å². The quantitative estimate of drug-likeness (QED) is 0.210. The monoisotopic (exact) mass is 57.0 g/mol. The third-order valence-corrected chi connectivity index (χ3v) is 0.0456. The van der Waals surface area contributed by atoms with Crippen molar-refractivity contribution in [3.8, 4) is 0 Å². The van der Waals surface area contributed by atoms with Crippen LogP contribution in [0.4, 0.5) is 0 Å². The molecule has 0 saturated heterocycles. The number of rotatable bonds is 0. The molecule has 0 bridgehead atoms. The van der Waals surface area contributed by atoms with Gasteiger partial charge in [-0.1, -0.05) is 5.10 Å². The van der Waals surface area contributed by atoms with Gasteiger partial charge in [0.15, 0.2) is 0 Å². The number of hydrogen-bond donors (Lipinski definition) is 0. The van der Waals surface area contributed by atoms with E-state index in [0.29, 0.717) is 0 Å². The van der Waals surface area contributed by atoms with Crippen LogP contribution in [-0.2, 0) is 4.79 Å². The lowest BCUT2D eigenvalue weighted by atomic mass is 11.6. The Hall–Kier alpha value is -0.820. The van der Waals surface area contributed by atoms with Crippen molar-refractivity contribution in [2.45, 2.75) is 0 Å². The summed E-state index contributed by atoms with van der Waals surface area (Å²) in [6.45, 7) is 0. The van der Waals surface area contributed by atoms with Gasteiger partial charge < -0.3 is 0 Å². The van der Waals surface area contributed by atoms with Crippen molar-refractivity contribution in [3.05, 3.63) is 0 Å². The molecule has 0 aromatic rings. The van der Waals surface area contributed by atoms with Crippen molar-refractivity contribution in [2.75, 3.05) is 0 Å². The average molecular weight is 57.0 g/mol. The molecule has 0 heterocycles. The Morgan fingerprint density at radius 2 is 2.25 bits per heavy atom. The highest BCUT2D eigenvalue weighted by atomic mass is 16.1. The molecule has 0 atom stereocenters. The van der Waals surface area contributed by atoms with E-state index in [0.717, 1.165) is 6.08 Å². The molecule has 0 amide bonds. The van der Waals surface area contributed by atoms with Crippen molar-refractivity contribution >= 4 is 6.08 Å². The number of carbonyl (C=O) groups excluding carboxylic acids is 1. The van der Waals surface area contributed by atoms with Crippen LogP contribution >= 0.6 is 0 Å². The fourth-order valence-electron chi connectivity index (χ4n) is 0. The van der Waals surface area contributed by atoms with E-state index in [1.807, 2.05) is 0 Å². The third kappa shape index (κ3) is 1.18. The number of isocyanates is 1. The van der Waals surface area contributed by atoms with Crippen LogP contribution in [0.3, 0.4) is 0 Å². The van der Waals surface area contributed by atoms with Crippen molar-refractivity contribution < 1.29 is 4.79 Å². The van der Waals surface area contributed by atoms with Gasteiger partial charge in [0, 0.05) is 0 Å². The molecule has 0 aliphatic rings.